The molecule has 3 rings (SSSR count). The highest BCUT2D eigenvalue weighted by molar-refractivity contribution is 5.95. The number of nitrogens with zero attached hydrogens (tertiary/aromatic N) is 3. The number of hydrogen-bond acceptors (Lipinski definition) is 3. The van der Waals surface area contributed by atoms with Gasteiger partial charge in [-0.1, -0.05) is 25.1 Å². The second-order valence-electron chi connectivity index (χ2n) is 8.36. The Hall–Kier alpha value is -2.40. The molecule has 1 aliphatic rings. The van der Waals surface area contributed by atoms with Crippen LogP contribution in [0.3, 0.4) is 0 Å². The van der Waals surface area contributed by atoms with Crippen LogP contribution in [0.15, 0.2) is 48.5 Å². The number of anilines is 1. The van der Waals surface area contributed by atoms with Gasteiger partial charge in [0.05, 0.1) is 0 Å². The van der Waals surface area contributed by atoms with E-state index in [-0.39, 0.29) is 11.7 Å². The van der Waals surface area contributed by atoms with Crippen LogP contribution >= 0.6 is 0 Å². The van der Waals surface area contributed by atoms with Gasteiger partial charge in [0.15, 0.2) is 0 Å². The van der Waals surface area contributed by atoms with E-state index in [1.165, 1.54) is 12.5 Å². The van der Waals surface area contributed by atoms with E-state index in [1.807, 2.05) is 43.0 Å². The van der Waals surface area contributed by atoms with Gasteiger partial charge in [0.25, 0.3) is 5.91 Å². The van der Waals surface area contributed by atoms with Crippen LogP contribution in [0.4, 0.5) is 10.1 Å². The molecule has 1 heterocycles. The Kier molecular flexibility index (Phi) is 8.47. The Balaban J connectivity index is 1.87. The zero-order valence-electron chi connectivity index (χ0n) is 19.2. The lowest BCUT2D eigenvalue weighted by atomic mass is 10.00. The minimum Gasteiger partial charge on any atom is -0.364 e. The molecule has 0 N–H and O–H groups in total. The summed E-state index contributed by atoms with van der Waals surface area (Å²) in [5.41, 5.74) is 2.71. The van der Waals surface area contributed by atoms with E-state index in [0.717, 1.165) is 43.7 Å². The second kappa shape index (κ2) is 11.3. The summed E-state index contributed by atoms with van der Waals surface area (Å²) in [6.07, 6.45) is 3.32. The molecule has 2 aromatic rings. The minimum absolute atomic E-state index is 0.0651. The summed E-state index contributed by atoms with van der Waals surface area (Å²) in [7, 11) is 0. The van der Waals surface area contributed by atoms with Gasteiger partial charge in [-0.05, 0) is 75.5 Å². The van der Waals surface area contributed by atoms with Crippen LogP contribution in [0.25, 0.3) is 0 Å². The highest BCUT2D eigenvalue weighted by Crippen LogP contribution is 2.27. The van der Waals surface area contributed by atoms with Crippen molar-refractivity contribution < 1.29 is 9.18 Å². The lowest BCUT2D eigenvalue weighted by Crippen LogP contribution is -2.45. The van der Waals surface area contributed by atoms with Gasteiger partial charge in [0.2, 0.25) is 0 Å². The molecule has 5 heteroatoms. The van der Waals surface area contributed by atoms with E-state index in [1.54, 1.807) is 12.1 Å². The standard InChI is InChI=1S/C26H36FN3O/c1-4-15-28-16-13-24(14-17-28)30(20-21-9-7-11-23(27)18-21)25-12-8-10-22(19-25)26(31)29(5-2)6-3/h7-12,18-19,24H,4-6,13-17,20H2,1-3H3. The average molecular weight is 426 g/mol. The van der Waals surface area contributed by atoms with Gasteiger partial charge >= 0.3 is 0 Å². The zero-order chi connectivity index (χ0) is 22.2. The number of benzene rings is 2. The SMILES string of the molecule is CCCN1CCC(N(Cc2cccc(F)c2)c2cccc(C(=O)N(CC)CC)c2)CC1. The smallest absolute Gasteiger partial charge is 0.253 e. The molecule has 168 valence electrons. The number of hydrogen-bond donors (Lipinski definition) is 0. The van der Waals surface area contributed by atoms with Crippen molar-refractivity contribution in [2.24, 2.45) is 0 Å². The molecule has 0 spiro atoms. The fraction of sp³-hybridized carbons (Fsp3) is 0.500. The van der Waals surface area contributed by atoms with E-state index < -0.39 is 0 Å². The molecule has 1 fully saturated rings. The number of likely N-dealkylation sites (tertiary alicyclic amines) is 1. The minimum atomic E-state index is -0.208. The largest absolute Gasteiger partial charge is 0.364 e. The Bertz CT molecular complexity index is 844. The number of piperidine rings is 1. The molecule has 0 atom stereocenters. The Morgan fingerprint density at radius 2 is 1.74 bits per heavy atom. The molecule has 0 aliphatic carbocycles. The molecule has 0 bridgehead atoms. The van der Waals surface area contributed by atoms with Crippen LogP contribution in [-0.2, 0) is 6.54 Å². The summed E-state index contributed by atoms with van der Waals surface area (Å²) in [6.45, 7) is 11.6. The predicted molar refractivity (Wildman–Crippen MR) is 126 cm³/mol. The molecule has 0 unspecified atom stereocenters. The molecular formula is C26H36FN3O. The lowest BCUT2D eigenvalue weighted by Gasteiger charge is -2.40. The highest BCUT2D eigenvalue weighted by atomic mass is 19.1. The van der Waals surface area contributed by atoms with Gasteiger partial charge in [-0.2, -0.15) is 0 Å². The molecule has 0 saturated carbocycles. The van der Waals surface area contributed by atoms with E-state index in [2.05, 4.69) is 22.8 Å². The number of halogens is 1. The number of carbonyl (C=O) groups is 1. The Morgan fingerprint density at radius 1 is 1.03 bits per heavy atom. The van der Waals surface area contributed by atoms with Gasteiger partial charge in [-0.25, -0.2) is 4.39 Å². The van der Waals surface area contributed by atoms with Crippen molar-refractivity contribution >= 4 is 11.6 Å². The maximum atomic E-state index is 13.9. The molecule has 31 heavy (non-hydrogen) atoms. The molecule has 0 radical (unpaired) electrons. The zero-order valence-corrected chi connectivity index (χ0v) is 19.2. The van der Waals surface area contributed by atoms with Crippen LogP contribution in [0.1, 0.15) is 56.0 Å². The first-order chi connectivity index (χ1) is 15.0. The molecule has 2 aromatic carbocycles. The third-order valence-electron chi connectivity index (χ3n) is 6.26. The fourth-order valence-electron chi connectivity index (χ4n) is 4.55. The number of rotatable bonds is 9. The molecule has 1 amide bonds. The summed E-state index contributed by atoms with van der Waals surface area (Å²) in [5, 5.41) is 0. The van der Waals surface area contributed by atoms with Crippen molar-refractivity contribution in [1.82, 2.24) is 9.80 Å². The lowest BCUT2D eigenvalue weighted by molar-refractivity contribution is 0.0773. The first-order valence-corrected chi connectivity index (χ1v) is 11.7. The van der Waals surface area contributed by atoms with Gasteiger partial charge in [0, 0.05) is 50.0 Å². The van der Waals surface area contributed by atoms with Gasteiger partial charge in [0.1, 0.15) is 5.82 Å². The highest BCUT2D eigenvalue weighted by Gasteiger charge is 2.25. The fourth-order valence-corrected chi connectivity index (χ4v) is 4.55. The van der Waals surface area contributed by atoms with Crippen LogP contribution in [0, 0.1) is 5.82 Å². The second-order valence-corrected chi connectivity index (χ2v) is 8.36. The van der Waals surface area contributed by atoms with Gasteiger partial charge in [-0.15, -0.1) is 0 Å². The summed E-state index contributed by atoms with van der Waals surface area (Å²) >= 11 is 0. The average Bonchev–Trinajstić information content (AvgIpc) is 2.79. The van der Waals surface area contributed by atoms with E-state index in [9.17, 15) is 9.18 Å². The summed E-state index contributed by atoms with van der Waals surface area (Å²) in [6, 6.07) is 15.2. The third-order valence-corrected chi connectivity index (χ3v) is 6.26. The van der Waals surface area contributed by atoms with Crippen molar-refractivity contribution in [2.45, 2.75) is 52.6 Å². The summed E-state index contributed by atoms with van der Waals surface area (Å²) < 4.78 is 13.9. The van der Waals surface area contributed by atoms with Crippen molar-refractivity contribution in [3.63, 3.8) is 0 Å². The summed E-state index contributed by atoms with van der Waals surface area (Å²) in [4.78, 5) is 19.7. The first kappa shape index (κ1) is 23.3. The molecule has 0 aromatic heterocycles. The monoisotopic (exact) mass is 425 g/mol. The van der Waals surface area contributed by atoms with Crippen LogP contribution in [0.5, 0.6) is 0 Å². The van der Waals surface area contributed by atoms with Gasteiger partial charge < -0.3 is 14.7 Å². The normalized spacial score (nSPS) is 15.1. The van der Waals surface area contributed by atoms with E-state index in [0.29, 0.717) is 31.2 Å². The Morgan fingerprint density at radius 3 is 2.39 bits per heavy atom. The van der Waals surface area contributed by atoms with Gasteiger partial charge in [-0.3, -0.25) is 4.79 Å². The van der Waals surface area contributed by atoms with Crippen LogP contribution < -0.4 is 4.90 Å². The van der Waals surface area contributed by atoms with E-state index in [4.69, 9.17) is 0 Å². The predicted octanol–water partition coefficient (Wildman–Crippen LogP) is 5.19. The Labute approximate surface area is 186 Å². The molecule has 1 aliphatic heterocycles. The van der Waals surface area contributed by atoms with Crippen LogP contribution in [-0.4, -0.2) is 54.5 Å². The third kappa shape index (κ3) is 6.07. The molecule has 1 saturated heterocycles. The number of carbonyl (C=O) groups excluding carboxylic acids is 1. The maximum Gasteiger partial charge on any atom is 0.253 e. The van der Waals surface area contributed by atoms with Crippen molar-refractivity contribution in [3.05, 3.63) is 65.5 Å². The van der Waals surface area contributed by atoms with Crippen molar-refractivity contribution in [2.75, 3.05) is 37.6 Å². The topological polar surface area (TPSA) is 26.8 Å². The van der Waals surface area contributed by atoms with Crippen molar-refractivity contribution in [3.8, 4) is 0 Å². The van der Waals surface area contributed by atoms with Crippen molar-refractivity contribution in [1.29, 1.82) is 0 Å². The maximum absolute atomic E-state index is 13.9. The van der Waals surface area contributed by atoms with Crippen LogP contribution in [0.2, 0.25) is 0 Å². The first-order valence-electron chi connectivity index (χ1n) is 11.7. The quantitative estimate of drug-likeness (QED) is 0.553. The number of amides is 1. The molecular weight excluding hydrogens is 389 g/mol. The summed E-state index contributed by atoms with van der Waals surface area (Å²) in [5.74, 6) is -0.143. The van der Waals surface area contributed by atoms with E-state index >= 15 is 0 Å². The molecule has 4 nitrogen and oxygen atoms in total.